The second kappa shape index (κ2) is 7.63. The summed E-state index contributed by atoms with van der Waals surface area (Å²) < 4.78 is 29.2. The molecule has 1 aromatic rings. The first kappa shape index (κ1) is 20.2. The van der Waals surface area contributed by atoms with E-state index in [1.54, 1.807) is 20.8 Å². The minimum atomic E-state index is -3.26. The number of sulfone groups is 1. The molecule has 2 N–H and O–H groups in total. The summed E-state index contributed by atoms with van der Waals surface area (Å²) in [5, 5.41) is 5.56. The second-order valence-electron chi connectivity index (χ2n) is 6.89. The van der Waals surface area contributed by atoms with Gasteiger partial charge in [0.15, 0.2) is 27.0 Å². The van der Waals surface area contributed by atoms with Crippen molar-refractivity contribution in [3.63, 3.8) is 0 Å². The van der Waals surface area contributed by atoms with Gasteiger partial charge in [0.2, 0.25) is 0 Å². The van der Waals surface area contributed by atoms with E-state index in [1.807, 2.05) is 0 Å². The van der Waals surface area contributed by atoms with Crippen molar-refractivity contribution < 1.29 is 17.9 Å². The standard InChI is InChI=1S/C15H20ClN5O4S/c1-15(2,3)25-14(22)20-9-5-6-26(23,24)8-10(9)19-11-7-18-13(17-4)12(16)21-11/h7,9-10H,5-6,8H2,1-3H3,(H,19,21)(H,20,22)/t9-,10+/m0/s1. The second-order valence-corrected chi connectivity index (χ2v) is 9.47. The van der Waals surface area contributed by atoms with Crippen molar-refractivity contribution in [1.82, 2.24) is 15.3 Å². The molecule has 0 aliphatic carbocycles. The van der Waals surface area contributed by atoms with E-state index >= 15 is 0 Å². The van der Waals surface area contributed by atoms with E-state index in [1.165, 1.54) is 6.20 Å². The number of halogens is 1. The zero-order valence-corrected chi connectivity index (χ0v) is 16.2. The topological polar surface area (TPSA) is 115 Å². The normalized spacial score (nSPS) is 22.1. The first-order chi connectivity index (χ1) is 12.0. The van der Waals surface area contributed by atoms with Crippen molar-refractivity contribution in [3.05, 3.63) is 22.8 Å². The summed E-state index contributed by atoms with van der Waals surface area (Å²) in [4.78, 5) is 23.0. The van der Waals surface area contributed by atoms with Gasteiger partial charge in [-0.15, -0.1) is 4.98 Å². The molecule has 0 aromatic carbocycles. The number of nitrogens with zero attached hydrogens (tertiary/aromatic N) is 3. The van der Waals surface area contributed by atoms with Crippen LogP contribution in [0.2, 0.25) is 5.15 Å². The van der Waals surface area contributed by atoms with Gasteiger partial charge in [-0.1, -0.05) is 18.2 Å². The third-order valence-corrected chi connectivity index (χ3v) is 5.49. The third kappa shape index (κ3) is 5.71. The summed E-state index contributed by atoms with van der Waals surface area (Å²) in [7, 11) is -3.26. The number of aromatic nitrogens is 2. The average molecular weight is 402 g/mol. The SMILES string of the molecule is [C-]#[N+]c1ncc(N[C@@H]2CS(=O)(=O)CC[C@@H]2NC(=O)OC(C)(C)C)nc1Cl. The van der Waals surface area contributed by atoms with Crippen molar-refractivity contribution in [1.29, 1.82) is 0 Å². The van der Waals surface area contributed by atoms with Gasteiger partial charge in [-0.2, -0.15) is 0 Å². The van der Waals surface area contributed by atoms with Gasteiger partial charge in [0.25, 0.3) is 0 Å². The molecule has 1 amide bonds. The molecule has 0 spiro atoms. The molecule has 142 valence electrons. The maximum Gasteiger partial charge on any atom is 0.407 e. The number of hydrogen-bond acceptors (Lipinski definition) is 7. The Morgan fingerprint density at radius 3 is 2.69 bits per heavy atom. The van der Waals surface area contributed by atoms with Crippen molar-refractivity contribution in [3.8, 4) is 0 Å². The molecule has 1 fully saturated rings. The molecule has 2 atom stereocenters. The van der Waals surface area contributed by atoms with E-state index < -0.39 is 33.6 Å². The Bertz CT molecular complexity index is 831. The van der Waals surface area contributed by atoms with E-state index in [9.17, 15) is 13.2 Å². The lowest BCUT2D eigenvalue weighted by Crippen LogP contribution is -2.54. The number of ether oxygens (including phenoxy) is 1. The minimum absolute atomic E-state index is 0.0330. The molecule has 2 heterocycles. The van der Waals surface area contributed by atoms with Crippen molar-refractivity contribution in [2.75, 3.05) is 16.8 Å². The maximum absolute atomic E-state index is 12.0. The van der Waals surface area contributed by atoms with E-state index in [4.69, 9.17) is 22.9 Å². The van der Waals surface area contributed by atoms with Crippen LogP contribution in [0.1, 0.15) is 27.2 Å². The molecule has 11 heteroatoms. The summed E-state index contributed by atoms with van der Waals surface area (Å²) in [6.07, 6.45) is 0.909. The van der Waals surface area contributed by atoms with Crippen LogP contribution in [-0.2, 0) is 14.6 Å². The average Bonchev–Trinajstić information content (AvgIpc) is 2.48. The van der Waals surface area contributed by atoms with Gasteiger partial charge < -0.3 is 20.2 Å². The van der Waals surface area contributed by atoms with Crippen LogP contribution in [0.5, 0.6) is 0 Å². The van der Waals surface area contributed by atoms with E-state index in [2.05, 4.69) is 25.4 Å². The van der Waals surface area contributed by atoms with Gasteiger partial charge in [-0.25, -0.2) is 18.2 Å². The van der Waals surface area contributed by atoms with Crippen molar-refractivity contribution in [2.45, 2.75) is 44.9 Å². The number of carbonyl (C=O) groups excluding carboxylic acids is 1. The monoisotopic (exact) mass is 401 g/mol. The van der Waals surface area contributed by atoms with Gasteiger partial charge in [0, 0.05) is 0 Å². The molecular formula is C15H20ClN5O4S. The van der Waals surface area contributed by atoms with E-state index in [-0.39, 0.29) is 34.7 Å². The van der Waals surface area contributed by atoms with Crippen LogP contribution in [0.3, 0.4) is 0 Å². The molecule has 1 saturated heterocycles. The first-order valence-corrected chi connectivity index (χ1v) is 10.1. The van der Waals surface area contributed by atoms with Crippen molar-refractivity contribution in [2.24, 2.45) is 0 Å². The highest BCUT2D eigenvalue weighted by Gasteiger charge is 2.35. The molecule has 1 aliphatic rings. The number of rotatable bonds is 3. The third-order valence-electron chi connectivity index (χ3n) is 3.51. The van der Waals surface area contributed by atoms with Crippen LogP contribution >= 0.6 is 11.6 Å². The van der Waals surface area contributed by atoms with Gasteiger partial charge in [-0.3, -0.25) is 0 Å². The van der Waals surface area contributed by atoms with Gasteiger partial charge in [-0.05, 0) is 27.2 Å². The zero-order chi connectivity index (χ0) is 19.5. The molecule has 9 nitrogen and oxygen atoms in total. The largest absolute Gasteiger partial charge is 0.444 e. The number of alkyl carbamates (subject to hydrolysis) is 1. The molecule has 1 aliphatic heterocycles. The first-order valence-electron chi connectivity index (χ1n) is 7.85. The highest BCUT2D eigenvalue weighted by atomic mass is 35.5. The maximum atomic E-state index is 12.0. The molecule has 1 aromatic heterocycles. The smallest absolute Gasteiger partial charge is 0.407 e. The quantitative estimate of drug-likeness (QED) is 0.746. The van der Waals surface area contributed by atoms with Crippen molar-refractivity contribution >= 4 is 39.2 Å². The Balaban J connectivity index is 2.16. The Morgan fingerprint density at radius 2 is 2.12 bits per heavy atom. The fourth-order valence-electron chi connectivity index (χ4n) is 2.45. The van der Waals surface area contributed by atoms with E-state index in [0.29, 0.717) is 0 Å². The lowest BCUT2D eigenvalue weighted by atomic mass is 10.1. The fourth-order valence-corrected chi connectivity index (χ4v) is 4.27. The minimum Gasteiger partial charge on any atom is -0.444 e. The van der Waals surface area contributed by atoms with E-state index in [0.717, 1.165) is 0 Å². The number of amides is 1. The molecule has 2 rings (SSSR count). The summed E-state index contributed by atoms with van der Waals surface area (Å²) in [5.41, 5.74) is -0.664. The predicted molar refractivity (Wildman–Crippen MR) is 97.1 cm³/mol. The molecule has 0 radical (unpaired) electrons. The molecule has 0 bridgehead atoms. The highest BCUT2D eigenvalue weighted by molar-refractivity contribution is 7.91. The zero-order valence-electron chi connectivity index (χ0n) is 14.6. The summed E-state index contributed by atoms with van der Waals surface area (Å²) >= 11 is 5.86. The Labute approximate surface area is 157 Å². The van der Waals surface area contributed by atoms with Crippen LogP contribution in [-0.4, -0.2) is 53.7 Å². The number of hydrogen-bond donors (Lipinski definition) is 2. The Kier molecular flexibility index (Phi) is 5.93. The molecule has 0 saturated carbocycles. The lowest BCUT2D eigenvalue weighted by Gasteiger charge is -2.33. The van der Waals surface area contributed by atoms with Crippen LogP contribution in [0, 0.1) is 6.57 Å². The highest BCUT2D eigenvalue weighted by Crippen LogP contribution is 2.23. The number of carbonyl (C=O) groups is 1. The predicted octanol–water partition coefficient (Wildman–Crippen LogP) is 2.17. The summed E-state index contributed by atoms with van der Waals surface area (Å²) in [6, 6.07) is -1.11. The number of anilines is 1. The van der Waals surface area contributed by atoms with Crippen LogP contribution in [0.25, 0.3) is 4.85 Å². The van der Waals surface area contributed by atoms with Gasteiger partial charge >= 0.3 is 11.9 Å². The van der Waals surface area contributed by atoms with Crippen LogP contribution in [0.4, 0.5) is 16.4 Å². The summed E-state index contributed by atoms with van der Waals surface area (Å²) in [6.45, 7) is 12.1. The van der Waals surface area contributed by atoms with Gasteiger partial charge in [0.05, 0.1) is 23.6 Å². The van der Waals surface area contributed by atoms with Crippen LogP contribution in [0.15, 0.2) is 6.20 Å². The van der Waals surface area contributed by atoms with Gasteiger partial charge in [0.1, 0.15) is 5.60 Å². The number of nitrogens with one attached hydrogen (secondary N) is 2. The Morgan fingerprint density at radius 1 is 1.42 bits per heavy atom. The summed E-state index contributed by atoms with van der Waals surface area (Å²) in [5.74, 6) is -0.0380. The molecule has 26 heavy (non-hydrogen) atoms. The Hall–Kier alpha value is -2.12. The molecular weight excluding hydrogens is 382 g/mol. The molecule has 0 unspecified atom stereocenters. The lowest BCUT2D eigenvalue weighted by molar-refractivity contribution is 0.0497. The fraction of sp³-hybridized carbons (Fsp3) is 0.600. The van der Waals surface area contributed by atoms with Crippen LogP contribution < -0.4 is 10.6 Å².